The lowest BCUT2D eigenvalue weighted by Gasteiger charge is -2.38. The number of amides is 1. The number of hydrogen-bond acceptors (Lipinski definition) is 2. The number of morpholine rings is 1. The Balaban J connectivity index is 2.06. The van der Waals surface area contributed by atoms with Gasteiger partial charge in [-0.05, 0) is 26.2 Å². The zero-order chi connectivity index (χ0) is 10.1. The second-order valence-corrected chi connectivity index (χ2v) is 5.43. The minimum absolute atomic E-state index is 0.0677. The van der Waals surface area contributed by atoms with Crippen LogP contribution in [0.3, 0.4) is 0 Å². The fraction of sp³-hybridized carbons (Fsp3) is 0.900. The summed E-state index contributed by atoms with van der Waals surface area (Å²) >= 11 is 3.34. The Bertz CT molecular complexity index is 232. The van der Waals surface area contributed by atoms with E-state index in [9.17, 15) is 4.79 Å². The molecule has 2 aliphatic rings. The van der Waals surface area contributed by atoms with Crippen molar-refractivity contribution in [3.8, 4) is 0 Å². The molecule has 1 aliphatic carbocycles. The number of alkyl halides is 1. The molecular formula is C10H16BrNO2. The molecule has 0 aromatic rings. The summed E-state index contributed by atoms with van der Waals surface area (Å²) in [7, 11) is 0. The summed E-state index contributed by atoms with van der Waals surface area (Å²) in [5.41, 5.74) is 0. The number of rotatable bonds is 1. The maximum atomic E-state index is 11.9. The maximum Gasteiger partial charge on any atom is 0.236 e. The smallest absolute Gasteiger partial charge is 0.236 e. The zero-order valence-corrected chi connectivity index (χ0v) is 10.00. The summed E-state index contributed by atoms with van der Waals surface area (Å²) < 4.78 is 5.65. The largest absolute Gasteiger partial charge is 0.374 e. The van der Waals surface area contributed by atoms with Crippen LogP contribution in [0.2, 0.25) is 0 Å². The van der Waals surface area contributed by atoms with Crippen LogP contribution in [0.5, 0.6) is 0 Å². The van der Waals surface area contributed by atoms with Gasteiger partial charge in [0, 0.05) is 6.54 Å². The lowest BCUT2D eigenvalue weighted by molar-refractivity contribution is -0.142. The molecular weight excluding hydrogens is 246 g/mol. The fourth-order valence-corrected chi connectivity index (χ4v) is 2.69. The van der Waals surface area contributed by atoms with E-state index in [1.807, 2.05) is 11.8 Å². The van der Waals surface area contributed by atoms with E-state index in [2.05, 4.69) is 15.9 Å². The van der Waals surface area contributed by atoms with Crippen LogP contribution in [-0.4, -0.2) is 40.9 Å². The first-order chi connectivity index (χ1) is 6.70. The minimum Gasteiger partial charge on any atom is -0.374 e. The summed E-state index contributed by atoms with van der Waals surface area (Å²) in [5, 5.41) is 0. The molecule has 80 valence electrons. The van der Waals surface area contributed by atoms with E-state index in [1.165, 1.54) is 6.42 Å². The molecule has 1 amide bonds. The second-order valence-electron chi connectivity index (χ2n) is 4.06. The normalized spacial score (nSPS) is 34.0. The van der Waals surface area contributed by atoms with Crippen molar-refractivity contribution >= 4 is 21.8 Å². The zero-order valence-electron chi connectivity index (χ0n) is 8.41. The van der Waals surface area contributed by atoms with E-state index in [4.69, 9.17) is 4.74 Å². The molecule has 3 unspecified atom stereocenters. The molecule has 0 bridgehead atoms. The Kier molecular flexibility index (Phi) is 3.12. The minimum atomic E-state index is -0.0677. The summed E-state index contributed by atoms with van der Waals surface area (Å²) in [4.78, 5) is 13.8. The van der Waals surface area contributed by atoms with Crippen LogP contribution in [0, 0.1) is 0 Å². The lowest BCUT2D eigenvalue weighted by atomic mass is 10.1. The van der Waals surface area contributed by atoms with Crippen molar-refractivity contribution in [2.45, 2.75) is 43.2 Å². The van der Waals surface area contributed by atoms with Gasteiger partial charge in [0.15, 0.2) is 0 Å². The number of fused-ring (bicyclic) bond motifs is 1. The van der Waals surface area contributed by atoms with Crippen LogP contribution in [0.15, 0.2) is 0 Å². The molecule has 1 saturated carbocycles. The maximum absolute atomic E-state index is 11.9. The summed E-state index contributed by atoms with van der Waals surface area (Å²) in [6.07, 6.45) is 3.72. The van der Waals surface area contributed by atoms with Gasteiger partial charge in [-0.1, -0.05) is 15.9 Å². The standard InChI is InChI=1S/C10H16BrNO2/c1-7(11)10(13)12-5-6-14-9-4-2-3-8(9)12/h7-9H,2-6H2,1H3. The molecule has 3 nitrogen and oxygen atoms in total. The molecule has 0 aromatic carbocycles. The highest BCUT2D eigenvalue weighted by atomic mass is 79.9. The number of hydrogen-bond donors (Lipinski definition) is 0. The molecule has 14 heavy (non-hydrogen) atoms. The van der Waals surface area contributed by atoms with Crippen LogP contribution in [-0.2, 0) is 9.53 Å². The van der Waals surface area contributed by atoms with Gasteiger partial charge in [0.25, 0.3) is 0 Å². The van der Waals surface area contributed by atoms with Crippen molar-refractivity contribution in [2.75, 3.05) is 13.2 Å². The van der Waals surface area contributed by atoms with Crippen LogP contribution < -0.4 is 0 Å². The molecule has 1 saturated heterocycles. The first-order valence-corrected chi connectivity index (χ1v) is 6.18. The highest BCUT2D eigenvalue weighted by molar-refractivity contribution is 9.10. The Morgan fingerprint density at radius 3 is 3.07 bits per heavy atom. The van der Waals surface area contributed by atoms with Crippen molar-refractivity contribution in [1.29, 1.82) is 0 Å². The number of ether oxygens (including phenoxy) is 1. The summed E-state index contributed by atoms with van der Waals surface area (Å²) in [6, 6.07) is 0.344. The van der Waals surface area contributed by atoms with E-state index in [1.54, 1.807) is 0 Å². The fourth-order valence-electron chi connectivity index (χ4n) is 2.43. The van der Waals surface area contributed by atoms with Gasteiger partial charge in [0.2, 0.25) is 5.91 Å². The monoisotopic (exact) mass is 261 g/mol. The van der Waals surface area contributed by atoms with E-state index in [0.717, 1.165) is 19.4 Å². The molecule has 0 N–H and O–H groups in total. The van der Waals surface area contributed by atoms with Gasteiger partial charge in [0.05, 0.1) is 23.6 Å². The Morgan fingerprint density at radius 2 is 2.36 bits per heavy atom. The number of halogens is 1. The Hall–Kier alpha value is -0.0900. The van der Waals surface area contributed by atoms with Crippen molar-refractivity contribution in [2.24, 2.45) is 0 Å². The van der Waals surface area contributed by atoms with Gasteiger partial charge >= 0.3 is 0 Å². The van der Waals surface area contributed by atoms with Crippen molar-refractivity contribution in [1.82, 2.24) is 4.90 Å². The molecule has 0 spiro atoms. The Labute approximate surface area is 92.9 Å². The Morgan fingerprint density at radius 1 is 1.57 bits per heavy atom. The van der Waals surface area contributed by atoms with Gasteiger partial charge in [-0.25, -0.2) is 0 Å². The quantitative estimate of drug-likeness (QED) is 0.671. The van der Waals surface area contributed by atoms with Gasteiger partial charge in [-0.3, -0.25) is 4.79 Å². The van der Waals surface area contributed by atoms with Crippen LogP contribution in [0.1, 0.15) is 26.2 Å². The van der Waals surface area contributed by atoms with E-state index < -0.39 is 0 Å². The molecule has 1 aliphatic heterocycles. The van der Waals surface area contributed by atoms with Crippen molar-refractivity contribution in [3.05, 3.63) is 0 Å². The van der Waals surface area contributed by atoms with Crippen LogP contribution in [0.25, 0.3) is 0 Å². The number of carbonyl (C=O) groups excluding carboxylic acids is 1. The van der Waals surface area contributed by atoms with Gasteiger partial charge < -0.3 is 9.64 Å². The average Bonchev–Trinajstić information content (AvgIpc) is 2.63. The molecule has 4 heteroatoms. The predicted octanol–water partition coefficient (Wildman–Crippen LogP) is 1.55. The molecule has 2 fully saturated rings. The van der Waals surface area contributed by atoms with E-state index in [0.29, 0.717) is 18.8 Å². The first kappa shape index (κ1) is 10.4. The third-order valence-electron chi connectivity index (χ3n) is 3.11. The average molecular weight is 262 g/mol. The third-order valence-corrected chi connectivity index (χ3v) is 3.50. The van der Waals surface area contributed by atoms with Crippen molar-refractivity contribution in [3.63, 3.8) is 0 Å². The van der Waals surface area contributed by atoms with Crippen LogP contribution >= 0.6 is 15.9 Å². The highest BCUT2D eigenvalue weighted by Crippen LogP contribution is 2.30. The van der Waals surface area contributed by atoms with E-state index in [-0.39, 0.29) is 10.7 Å². The lowest BCUT2D eigenvalue weighted by Crippen LogP contribution is -2.52. The van der Waals surface area contributed by atoms with E-state index >= 15 is 0 Å². The molecule has 0 aromatic heterocycles. The second kappa shape index (κ2) is 4.19. The molecule has 0 radical (unpaired) electrons. The predicted molar refractivity (Wildman–Crippen MR) is 57.5 cm³/mol. The third kappa shape index (κ3) is 1.82. The SMILES string of the molecule is CC(Br)C(=O)N1CCOC2CCCC21. The topological polar surface area (TPSA) is 29.5 Å². The molecule has 1 heterocycles. The first-order valence-electron chi connectivity index (χ1n) is 5.26. The number of carbonyl (C=O) groups is 1. The van der Waals surface area contributed by atoms with Gasteiger partial charge in [-0.2, -0.15) is 0 Å². The van der Waals surface area contributed by atoms with Gasteiger partial charge in [-0.15, -0.1) is 0 Å². The number of nitrogens with zero attached hydrogens (tertiary/aromatic N) is 1. The van der Waals surface area contributed by atoms with Crippen molar-refractivity contribution < 1.29 is 9.53 Å². The summed E-state index contributed by atoms with van der Waals surface area (Å²) in [6.45, 7) is 3.35. The van der Waals surface area contributed by atoms with Gasteiger partial charge in [0.1, 0.15) is 0 Å². The molecule has 2 rings (SSSR count). The summed E-state index contributed by atoms with van der Waals surface area (Å²) in [5.74, 6) is 0.213. The van der Waals surface area contributed by atoms with Crippen LogP contribution in [0.4, 0.5) is 0 Å². The molecule has 3 atom stereocenters. The highest BCUT2D eigenvalue weighted by Gasteiger charge is 2.38.